The van der Waals surface area contributed by atoms with Crippen LogP contribution < -0.4 is 0 Å². The largest absolute Gasteiger partial charge is 0.387 e. The van der Waals surface area contributed by atoms with E-state index >= 15 is 0 Å². The van der Waals surface area contributed by atoms with E-state index in [1.807, 2.05) is 11.3 Å². The number of aryl methyl sites for hydroxylation is 2. The summed E-state index contributed by atoms with van der Waals surface area (Å²) in [6, 6.07) is 2.24. The second kappa shape index (κ2) is 4.67. The molecule has 1 N–H and O–H groups in total. The van der Waals surface area contributed by atoms with Crippen LogP contribution in [0.3, 0.4) is 0 Å². The van der Waals surface area contributed by atoms with E-state index in [0.29, 0.717) is 5.92 Å². The molecule has 1 heterocycles. The Balaban J connectivity index is 2.08. The Morgan fingerprint density at radius 1 is 1.47 bits per heavy atom. The maximum Gasteiger partial charge on any atom is 0.0907 e. The molecule has 1 aromatic rings. The molecule has 0 aromatic carbocycles. The first-order valence-corrected chi connectivity index (χ1v) is 6.83. The van der Waals surface area contributed by atoms with Gasteiger partial charge in [-0.1, -0.05) is 20.3 Å². The molecular weight excluding hydrogens is 204 g/mol. The molecule has 0 saturated carbocycles. The van der Waals surface area contributed by atoms with Gasteiger partial charge < -0.3 is 5.11 Å². The number of hydrogen-bond acceptors (Lipinski definition) is 2. The number of rotatable bonds is 4. The zero-order valence-corrected chi connectivity index (χ0v) is 10.4. The zero-order valence-electron chi connectivity index (χ0n) is 9.62. The van der Waals surface area contributed by atoms with Crippen molar-refractivity contribution < 1.29 is 5.11 Å². The van der Waals surface area contributed by atoms with Crippen molar-refractivity contribution in [3.63, 3.8) is 0 Å². The van der Waals surface area contributed by atoms with Crippen LogP contribution in [0.4, 0.5) is 0 Å². The van der Waals surface area contributed by atoms with Crippen molar-refractivity contribution >= 4 is 11.3 Å². The van der Waals surface area contributed by atoms with Crippen molar-refractivity contribution in [2.75, 3.05) is 0 Å². The summed E-state index contributed by atoms with van der Waals surface area (Å²) in [7, 11) is 0. The minimum absolute atomic E-state index is 0.236. The summed E-state index contributed by atoms with van der Waals surface area (Å²) in [5, 5.41) is 10.2. The fraction of sp³-hybridized carbons (Fsp3) is 0.692. The van der Waals surface area contributed by atoms with Crippen molar-refractivity contribution in [2.24, 2.45) is 5.92 Å². The van der Waals surface area contributed by atoms with Crippen LogP contribution in [-0.2, 0) is 12.8 Å². The summed E-state index contributed by atoms with van der Waals surface area (Å²) in [6.07, 6.45) is 5.80. The molecule has 0 amide bonds. The highest BCUT2D eigenvalue weighted by Crippen LogP contribution is 2.36. The number of aliphatic hydroxyl groups excluding tert-OH is 1. The minimum Gasteiger partial charge on any atom is -0.387 e. The molecule has 0 spiro atoms. The number of aliphatic hydroxyl groups is 1. The van der Waals surface area contributed by atoms with Gasteiger partial charge in [0.25, 0.3) is 0 Å². The lowest BCUT2D eigenvalue weighted by Gasteiger charge is -2.16. The van der Waals surface area contributed by atoms with Crippen LogP contribution in [-0.4, -0.2) is 5.11 Å². The second-order valence-corrected chi connectivity index (χ2v) is 5.83. The fourth-order valence-corrected chi connectivity index (χ4v) is 3.77. The van der Waals surface area contributed by atoms with Crippen molar-refractivity contribution in [1.29, 1.82) is 0 Å². The average Bonchev–Trinajstić information content (AvgIpc) is 2.75. The summed E-state index contributed by atoms with van der Waals surface area (Å²) in [6.45, 7) is 4.33. The van der Waals surface area contributed by atoms with Crippen molar-refractivity contribution in [2.45, 2.75) is 52.1 Å². The molecule has 0 fully saturated rings. The van der Waals surface area contributed by atoms with E-state index in [9.17, 15) is 5.11 Å². The van der Waals surface area contributed by atoms with Gasteiger partial charge in [0.1, 0.15) is 0 Å². The molecule has 1 nitrogen and oxygen atoms in total. The fourth-order valence-electron chi connectivity index (χ4n) is 2.39. The average molecular weight is 224 g/mol. The van der Waals surface area contributed by atoms with Crippen molar-refractivity contribution in [1.82, 2.24) is 0 Å². The van der Waals surface area contributed by atoms with Gasteiger partial charge in [0.2, 0.25) is 0 Å². The summed E-state index contributed by atoms with van der Waals surface area (Å²) in [4.78, 5) is 2.72. The molecule has 0 saturated heterocycles. The molecule has 1 aliphatic rings. The quantitative estimate of drug-likeness (QED) is 0.826. The van der Waals surface area contributed by atoms with Gasteiger partial charge in [-0.3, -0.25) is 0 Å². The molecule has 0 radical (unpaired) electrons. The van der Waals surface area contributed by atoms with Crippen LogP contribution in [0.1, 0.15) is 54.5 Å². The van der Waals surface area contributed by atoms with Gasteiger partial charge in [0, 0.05) is 9.75 Å². The maximum atomic E-state index is 10.2. The molecule has 2 unspecified atom stereocenters. The Hall–Kier alpha value is -0.340. The van der Waals surface area contributed by atoms with E-state index in [0.717, 1.165) is 12.8 Å². The first-order valence-electron chi connectivity index (χ1n) is 6.02. The standard InChI is InChI=1S/C13H20OS/c1-3-5-9(2)13(14)12-8-10-6-4-7-11(10)15-12/h8-9,13-14H,3-7H2,1-2H3. The molecule has 1 aromatic heterocycles. The normalized spacial score (nSPS) is 18.9. The van der Waals surface area contributed by atoms with Crippen molar-refractivity contribution in [3.8, 4) is 0 Å². The smallest absolute Gasteiger partial charge is 0.0907 e. The zero-order chi connectivity index (χ0) is 10.8. The van der Waals surface area contributed by atoms with Gasteiger partial charge in [0.15, 0.2) is 0 Å². The highest BCUT2D eigenvalue weighted by molar-refractivity contribution is 7.12. The molecule has 15 heavy (non-hydrogen) atoms. The summed E-state index contributed by atoms with van der Waals surface area (Å²) < 4.78 is 0. The van der Waals surface area contributed by atoms with Crippen LogP contribution >= 0.6 is 11.3 Å². The number of thiophene rings is 1. The van der Waals surface area contributed by atoms with Crippen LogP contribution in [0.15, 0.2) is 6.07 Å². The van der Waals surface area contributed by atoms with Crippen LogP contribution in [0.5, 0.6) is 0 Å². The first-order chi connectivity index (χ1) is 7.22. The maximum absolute atomic E-state index is 10.2. The van der Waals surface area contributed by atoms with Gasteiger partial charge in [-0.15, -0.1) is 11.3 Å². The molecule has 0 aliphatic heterocycles. The Bertz CT molecular complexity index is 308. The van der Waals surface area contributed by atoms with Crippen LogP contribution in [0.2, 0.25) is 0 Å². The monoisotopic (exact) mass is 224 g/mol. The lowest BCUT2D eigenvalue weighted by molar-refractivity contribution is 0.116. The lowest BCUT2D eigenvalue weighted by Crippen LogP contribution is -2.07. The van der Waals surface area contributed by atoms with Gasteiger partial charge in [0.05, 0.1) is 6.10 Å². The van der Waals surface area contributed by atoms with Crippen LogP contribution in [0, 0.1) is 5.92 Å². The third kappa shape index (κ3) is 2.26. The van der Waals surface area contributed by atoms with Gasteiger partial charge >= 0.3 is 0 Å². The highest BCUT2D eigenvalue weighted by Gasteiger charge is 2.21. The Labute approximate surface area is 96.1 Å². The molecular formula is C13H20OS. The summed E-state index contributed by atoms with van der Waals surface area (Å²) in [5.74, 6) is 0.397. The topological polar surface area (TPSA) is 20.2 Å². The predicted molar refractivity (Wildman–Crippen MR) is 65.4 cm³/mol. The molecule has 2 heteroatoms. The van der Waals surface area contributed by atoms with E-state index in [2.05, 4.69) is 19.9 Å². The summed E-state index contributed by atoms with van der Waals surface area (Å²) >= 11 is 1.83. The van der Waals surface area contributed by atoms with E-state index in [4.69, 9.17) is 0 Å². The summed E-state index contributed by atoms with van der Waals surface area (Å²) in [5.41, 5.74) is 1.50. The third-order valence-electron chi connectivity index (χ3n) is 3.34. The highest BCUT2D eigenvalue weighted by atomic mass is 32.1. The molecule has 1 aliphatic carbocycles. The van der Waals surface area contributed by atoms with E-state index < -0.39 is 0 Å². The molecule has 84 valence electrons. The Morgan fingerprint density at radius 3 is 2.93 bits per heavy atom. The first kappa shape index (κ1) is 11.2. The Morgan fingerprint density at radius 2 is 2.27 bits per heavy atom. The van der Waals surface area contributed by atoms with Gasteiger partial charge in [-0.05, 0) is 43.2 Å². The number of hydrogen-bond donors (Lipinski definition) is 1. The second-order valence-electron chi connectivity index (χ2n) is 4.66. The minimum atomic E-state index is -0.236. The van der Waals surface area contributed by atoms with E-state index in [1.54, 1.807) is 0 Å². The van der Waals surface area contributed by atoms with Crippen LogP contribution in [0.25, 0.3) is 0 Å². The van der Waals surface area contributed by atoms with Gasteiger partial charge in [-0.2, -0.15) is 0 Å². The van der Waals surface area contributed by atoms with Gasteiger partial charge in [-0.25, -0.2) is 0 Å². The van der Waals surface area contributed by atoms with E-state index in [1.165, 1.54) is 34.6 Å². The van der Waals surface area contributed by atoms with E-state index in [-0.39, 0.29) is 6.10 Å². The molecule has 0 bridgehead atoms. The SMILES string of the molecule is CCCC(C)C(O)c1cc2c(s1)CCC2. The molecule has 2 atom stereocenters. The Kier molecular flexibility index (Phi) is 3.47. The van der Waals surface area contributed by atoms with Crippen molar-refractivity contribution in [3.05, 3.63) is 21.4 Å². The predicted octanol–water partition coefficient (Wildman–Crippen LogP) is 3.71. The molecule has 2 rings (SSSR count). The lowest BCUT2D eigenvalue weighted by atomic mass is 9.98. The third-order valence-corrected chi connectivity index (χ3v) is 4.65. The number of fused-ring (bicyclic) bond motifs is 1.